The van der Waals surface area contributed by atoms with Crippen LogP contribution >= 0.6 is 0 Å². The number of hydrogen-bond donors (Lipinski definition) is 1. The van der Waals surface area contributed by atoms with Gasteiger partial charge in [-0.1, -0.05) is 6.92 Å². The number of nitrogens with zero attached hydrogens (tertiary/aromatic N) is 2. The van der Waals surface area contributed by atoms with Crippen molar-refractivity contribution in [1.29, 1.82) is 0 Å². The monoisotopic (exact) mass is 409 g/mol. The third-order valence-electron chi connectivity index (χ3n) is 4.27. The molecule has 156 valence electrons. The van der Waals surface area contributed by atoms with Crippen LogP contribution in [0.3, 0.4) is 0 Å². The molecule has 0 aliphatic rings. The van der Waals surface area contributed by atoms with Gasteiger partial charge in [0.1, 0.15) is 17.4 Å². The number of anilines is 1. The molecular weight excluding hydrogens is 388 g/mol. The van der Waals surface area contributed by atoms with E-state index in [1.807, 2.05) is 0 Å². The second-order valence-corrected chi connectivity index (χ2v) is 6.16. The van der Waals surface area contributed by atoms with Crippen LogP contribution < -0.4 is 10.1 Å². The molecule has 0 unspecified atom stereocenters. The summed E-state index contributed by atoms with van der Waals surface area (Å²) in [6.07, 6.45) is -9.02. The Balaban J connectivity index is 2.61. The predicted octanol–water partition coefficient (Wildman–Crippen LogP) is 5.52. The van der Waals surface area contributed by atoms with E-state index in [1.165, 1.54) is 30.0 Å². The molecule has 1 atom stereocenters. The van der Waals surface area contributed by atoms with E-state index in [0.29, 0.717) is 0 Å². The first-order chi connectivity index (χ1) is 12.9. The molecule has 0 saturated heterocycles. The molecule has 4 nitrogen and oxygen atoms in total. The summed E-state index contributed by atoms with van der Waals surface area (Å²) in [5, 5.41) is 6.32. The van der Waals surface area contributed by atoms with E-state index in [4.69, 9.17) is 4.74 Å². The summed E-state index contributed by atoms with van der Waals surface area (Å²) in [5.74, 6) is 0.0159. The average Bonchev–Trinajstić information content (AvgIpc) is 2.99. The van der Waals surface area contributed by atoms with Crippen LogP contribution in [0.25, 0.3) is 11.3 Å². The van der Waals surface area contributed by atoms with Gasteiger partial charge in [-0.3, -0.25) is 4.68 Å². The zero-order valence-electron chi connectivity index (χ0n) is 15.8. The fourth-order valence-corrected chi connectivity index (χ4v) is 2.87. The van der Waals surface area contributed by atoms with Gasteiger partial charge in [0, 0.05) is 23.9 Å². The van der Waals surface area contributed by atoms with Crippen molar-refractivity contribution in [1.82, 2.24) is 9.78 Å². The number of hydrogen-bond acceptors (Lipinski definition) is 3. The second kappa shape index (κ2) is 7.92. The minimum Gasteiger partial charge on any atom is -0.496 e. The number of aromatic nitrogens is 2. The van der Waals surface area contributed by atoms with Crippen molar-refractivity contribution in [3.8, 4) is 17.0 Å². The highest BCUT2D eigenvalue weighted by Gasteiger charge is 2.40. The maximum Gasteiger partial charge on any atom is 0.420 e. The van der Waals surface area contributed by atoms with Crippen LogP contribution in [-0.2, 0) is 19.1 Å². The number of nitrogens with one attached hydrogen (secondary N) is 1. The molecule has 28 heavy (non-hydrogen) atoms. The van der Waals surface area contributed by atoms with Gasteiger partial charge in [-0.25, -0.2) is 0 Å². The van der Waals surface area contributed by atoms with E-state index in [0.717, 1.165) is 6.92 Å². The summed E-state index contributed by atoms with van der Waals surface area (Å²) in [6, 6.07) is 2.01. The standard InChI is InChI=1S/C18H21F6N3O/c1-5-13-15(18(22,23)24)16(27(6-2)26-13)12-8-7-11(9-14(12)28-4)25-10(3)17(19,20)21/h7-10,25H,5-6H2,1-4H3/t10-/m1/s1. The summed E-state index contributed by atoms with van der Waals surface area (Å²) in [6.45, 7) is 4.36. The first-order valence-corrected chi connectivity index (χ1v) is 8.62. The zero-order chi connectivity index (χ0) is 21.3. The Morgan fingerprint density at radius 2 is 1.79 bits per heavy atom. The molecule has 0 saturated carbocycles. The first-order valence-electron chi connectivity index (χ1n) is 8.62. The van der Waals surface area contributed by atoms with Crippen molar-refractivity contribution in [2.45, 2.75) is 52.1 Å². The van der Waals surface area contributed by atoms with Gasteiger partial charge in [0.15, 0.2) is 0 Å². The molecule has 0 aliphatic carbocycles. The van der Waals surface area contributed by atoms with Crippen LogP contribution in [0.5, 0.6) is 5.75 Å². The zero-order valence-corrected chi connectivity index (χ0v) is 15.8. The van der Waals surface area contributed by atoms with E-state index < -0.39 is 24.0 Å². The summed E-state index contributed by atoms with van der Waals surface area (Å²) in [7, 11) is 1.25. The highest BCUT2D eigenvalue weighted by Crippen LogP contribution is 2.43. The molecule has 1 aromatic carbocycles. The van der Waals surface area contributed by atoms with Crippen molar-refractivity contribution in [3.63, 3.8) is 0 Å². The predicted molar refractivity (Wildman–Crippen MR) is 93.4 cm³/mol. The van der Waals surface area contributed by atoms with Gasteiger partial charge in [-0.15, -0.1) is 0 Å². The summed E-state index contributed by atoms with van der Waals surface area (Å²) in [4.78, 5) is 0. The highest BCUT2D eigenvalue weighted by atomic mass is 19.4. The molecule has 1 heterocycles. The number of rotatable bonds is 6. The highest BCUT2D eigenvalue weighted by molar-refractivity contribution is 5.75. The van der Waals surface area contributed by atoms with Gasteiger partial charge < -0.3 is 10.1 Å². The molecule has 10 heteroatoms. The fourth-order valence-electron chi connectivity index (χ4n) is 2.87. The van der Waals surface area contributed by atoms with Crippen LogP contribution in [-0.4, -0.2) is 29.1 Å². The van der Waals surface area contributed by atoms with Crippen LogP contribution in [0, 0.1) is 0 Å². The van der Waals surface area contributed by atoms with Crippen molar-refractivity contribution >= 4 is 5.69 Å². The molecule has 2 rings (SSSR count). The lowest BCUT2D eigenvalue weighted by molar-refractivity contribution is -0.139. The van der Waals surface area contributed by atoms with Crippen molar-refractivity contribution in [3.05, 3.63) is 29.5 Å². The van der Waals surface area contributed by atoms with E-state index in [9.17, 15) is 26.3 Å². The molecule has 0 fully saturated rings. The lowest BCUT2D eigenvalue weighted by Gasteiger charge is -2.20. The largest absolute Gasteiger partial charge is 0.496 e. The quantitative estimate of drug-likeness (QED) is 0.639. The fraction of sp³-hybridized carbons (Fsp3) is 0.500. The third-order valence-corrected chi connectivity index (χ3v) is 4.27. The van der Waals surface area contributed by atoms with E-state index in [1.54, 1.807) is 13.8 Å². The smallest absolute Gasteiger partial charge is 0.420 e. The van der Waals surface area contributed by atoms with E-state index >= 15 is 0 Å². The molecule has 0 radical (unpaired) electrons. The van der Waals surface area contributed by atoms with Gasteiger partial charge in [0.05, 0.1) is 18.5 Å². The first kappa shape index (κ1) is 21.9. The average molecular weight is 409 g/mol. The molecule has 2 aromatic rings. The number of ether oxygens (including phenoxy) is 1. The number of methoxy groups -OCH3 is 1. The van der Waals surface area contributed by atoms with E-state index in [-0.39, 0.29) is 41.4 Å². The van der Waals surface area contributed by atoms with Crippen molar-refractivity contribution < 1.29 is 31.1 Å². The van der Waals surface area contributed by atoms with Gasteiger partial charge in [-0.05, 0) is 32.4 Å². The number of alkyl halides is 6. The molecule has 1 aromatic heterocycles. The van der Waals surface area contributed by atoms with Crippen molar-refractivity contribution in [2.75, 3.05) is 12.4 Å². The van der Waals surface area contributed by atoms with Crippen LogP contribution in [0.4, 0.5) is 32.0 Å². The molecule has 1 N–H and O–H groups in total. The molecule has 0 spiro atoms. The Labute approximate surface area is 158 Å². The molecule has 0 amide bonds. The van der Waals surface area contributed by atoms with Crippen LogP contribution in [0.1, 0.15) is 32.0 Å². The normalized spacial score (nSPS) is 13.5. The van der Waals surface area contributed by atoms with Gasteiger partial charge in [-0.2, -0.15) is 31.4 Å². The third kappa shape index (κ3) is 4.36. The Bertz CT molecular complexity index is 826. The minimum absolute atomic E-state index is 0.0159. The molecule has 0 aliphatic heterocycles. The topological polar surface area (TPSA) is 39.1 Å². The van der Waals surface area contributed by atoms with Gasteiger partial charge in [0.2, 0.25) is 0 Å². The lowest BCUT2D eigenvalue weighted by atomic mass is 10.0. The number of benzene rings is 1. The lowest BCUT2D eigenvalue weighted by Crippen LogP contribution is -2.33. The Morgan fingerprint density at radius 3 is 2.25 bits per heavy atom. The maximum absolute atomic E-state index is 13.7. The molecular formula is C18H21F6N3O. The summed E-state index contributed by atoms with van der Waals surface area (Å²) in [5.41, 5.74) is -0.940. The molecule has 0 bridgehead atoms. The number of aryl methyl sites for hydroxylation is 2. The van der Waals surface area contributed by atoms with Gasteiger partial charge in [0.25, 0.3) is 0 Å². The second-order valence-electron chi connectivity index (χ2n) is 6.16. The van der Waals surface area contributed by atoms with E-state index in [2.05, 4.69) is 10.4 Å². The summed E-state index contributed by atoms with van der Waals surface area (Å²) >= 11 is 0. The SMILES string of the molecule is CCc1nn(CC)c(-c2ccc(N[C@H](C)C(F)(F)F)cc2OC)c1C(F)(F)F. The summed E-state index contributed by atoms with van der Waals surface area (Å²) < 4.78 is 85.8. The Kier molecular flexibility index (Phi) is 6.20. The Hall–Kier alpha value is -2.39. The number of halogens is 6. The maximum atomic E-state index is 13.7. The van der Waals surface area contributed by atoms with Crippen molar-refractivity contribution in [2.24, 2.45) is 0 Å². The van der Waals surface area contributed by atoms with Gasteiger partial charge >= 0.3 is 12.4 Å². The minimum atomic E-state index is -4.64. The Morgan fingerprint density at radius 1 is 1.14 bits per heavy atom. The van der Waals surface area contributed by atoms with Crippen LogP contribution in [0.2, 0.25) is 0 Å². The van der Waals surface area contributed by atoms with Crippen LogP contribution in [0.15, 0.2) is 18.2 Å².